The summed E-state index contributed by atoms with van der Waals surface area (Å²) in [6.45, 7) is 4.49. The number of hydrogen-bond acceptors (Lipinski definition) is 2. The molecule has 0 aliphatic heterocycles. The molecule has 0 aromatic carbocycles. The summed E-state index contributed by atoms with van der Waals surface area (Å²) in [6.07, 6.45) is 6.94. The van der Waals surface area contributed by atoms with E-state index in [1.54, 1.807) is 0 Å². The molecular weight excluding hydrogens is 178 g/mol. The van der Waals surface area contributed by atoms with Gasteiger partial charge in [-0.3, -0.25) is 0 Å². The van der Waals surface area contributed by atoms with Crippen molar-refractivity contribution in [3.8, 4) is 0 Å². The maximum absolute atomic E-state index is 5.72. The third-order valence-corrected chi connectivity index (χ3v) is 4.19. The third-order valence-electron chi connectivity index (χ3n) is 2.82. The van der Waals surface area contributed by atoms with Crippen LogP contribution in [0.3, 0.4) is 0 Å². The molecule has 1 aliphatic rings. The zero-order chi connectivity index (χ0) is 9.68. The quantitative estimate of drug-likeness (QED) is 0.756. The molecule has 0 aromatic heterocycles. The molecule has 0 aromatic rings. The Morgan fingerprint density at radius 1 is 1.46 bits per heavy atom. The molecular formula is C11H23NS. The molecule has 1 saturated carbocycles. The van der Waals surface area contributed by atoms with Crippen LogP contribution in [0.25, 0.3) is 0 Å². The van der Waals surface area contributed by atoms with Gasteiger partial charge in [-0.25, -0.2) is 0 Å². The van der Waals surface area contributed by atoms with Gasteiger partial charge in [-0.15, -0.1) is 0 Å². The van der Waals surface area contributed by atoms with E-state index >= 15 is 0 Å². The predicted molar refractivity (Wildman–Crippen MR) is 62.1 cm³/mol. The Balaban J connectivity index is 2.06. The van der Waals surface area contributed by atoms with E-state index in [0.717, 1.165) is 11.2 Å². The average Bonchev–Trinajstić information content (AvgIpc) is 2.03. The number of rotatable bonds is 4. The number of thioether (sulfide) groups is 1. The molecule has 0 saturated heterocycles. The molecule has 3 unspecified atom stereocenters. The van der Waals surface area contributed by atoms with Gasteiger partial charge in [0.05, 0.1) is 0 Å². The Morgan fingerprint density at radius 3 is 2.85 bits per heavy atom. The van der Waals surface area contributed by atoms with Gasteiger partial charge in [0.15, 0.2) is 0 Å². The minimum atomic E-state index is 0.383. The fourth-order valence-electron chi connectivity index (χ4n) is 1.95. The fourth-order valence-corrected chi connectivity index (χ4v) is 3.59. The molecule has 0 heterocycles. The normalized spacial score (nSPS) is 31.6. The molecule has 13 heavy (non-hydrogen) atoms. The van der Waals surface area contributed by atoms with Crippen molar-refractivity contribution < 1.29 is 0 Å². The number of hydrogen-bond donors (Lipinski definition) is 1. The summed E-state index contributed by atoms with van der Waals surface area (Å²) in [5.74, 6) is 2.22. The van der Waals surface area contributed by atoms with Gasteiger partial charge in [0.25, 0.3) is 0 Å². The zero-order valence-electron chi connectivity index (χ0n) is 8.96. The van der Waals surface area contributed by atoms with Gasteiger partial charge in [0, 0.05) is 11.3 Å². The van der Waals surface area contributed by atoms with Gasteiger partial charge in [0.2, 0.25) is 0 Å². The first-order valence-corrected chi connectivity index (χ1v) is 6.60. The van der Waals surface area contributed by atoms with Crippen LogP contribution in [-0.2, 0) is 0 Å². The summed E-state index contributed by atoms with van der Waals surface area (Å²) >= 11 is 2.15. The summed E-state index contributed by atoms with van der Waals surface area (Å²) in [6, 6.07) is 0.383. The van der Waals surface area contributed by atoms with Crippen LogP contribution in [0.5, 0.6) is 0 Å². The molecule has 2 heteroatoms. The summed E-state index contributed by atoms with van der Waals surface area (Å²) < 4.78 is 0. The molecule has 1 fully saturated rings. The minimum absolute atomic E-state index is 0.383. The topological polar surface area (TPSA) is 26.0 Å². The second kappa shape index (κ2) is 5.92. The van der Waals surface area contributed by atoms with E-state index in [1.165, 1.54) is 37.9 Å². The van der Waals surface area contributed by atoms with E-state index in [0.29, 0.717) is 6.04 Å². The summed E-state index contributed by atoms with van der Waals surface area (Å²) in [5.41, 5.74) is 5.72. The zero-order valence-corrected chi connectivity index (χ0v) is 9.78. The Labute approximate surface area is 86.8 Å². The van der Waals surface area contributed by atoms with Gasteiger partial charge < -0.3 is 5.73 Å². The SMILES string of the molecule is CC(N)CCSC1CCCC(C)C1. The van der Waals surface area contributed by atoms with Crippen molar-refractivity contribution >= 4 is 11.8 Å². The fraction of sp³-hybridized carbons (Fsp3) is 1.00. The van der Waals surface area contributed by atoms with Gasteiger partial charge in [-0.2, -0.15) is 11.8 Å². The Hall–Kier alpha value is 0.310. The lowest BCUT2D eigenvalue weighted by Crippen LogP contribution is -2.18. The molecule has 3 atom stereocenters. The van der Waals surface area contributed by atoms with Gasteiger partial charge in [0.1, 0.15) is 0 Å². The van der Waals surface area contributed by atoms with Crippen LogP contribution in [0, 0.1) is 5.92 Å². The van der Waals surface area contributed by atoms with Crippen molar-refractivity contribution in [1.29, 1.82) is 0 Å². The van der Waals surface area contributed by atoms with Crippen molar-refractivity contribution in [2.45, 2.75) is 57.2 Å². The molecule has 0 radical (unpaired) electrons. The van der Waals surface area contributed by atoms with E-state index < -0.39 is 0 Å². The first-order chi connectivity index (χ1) is 6.18. The van der Waals surface area contributed by atoms with Crippen LogP contribution < -0.4 is 5.73 Å². The van der Waals surface area contributed by atoms with E-state index in [4.69, 9.17) is 5.73 Å². The largest absolute Gasteiger partial charge is 0.328 e. The van der Waals surface area contributed by atoms with E-state index in [2.05, 4.69) is 25.6 Å². The van der Waals surface area contributed by atoms with Crippen LogP contribution in [-0.4, -0.2) is 17.0 Å². The Kier molecular flexibility index (Phi) is 5.18. The summed E-state index contributed by atoms with van der Waals surface area (Å²) in [4.78, 5) is 0. The van der Waals surface area contributed by atoms with E-state index in [-0.39, 0.29) is 0 Å². The number of nitrogens with two attached hydrogens (primary N) is 1. The van der Waals surface area contributed by atoms with Crippen molar-refractivity contribution in [3.63, 3.8) is 0 Å². The molecule has 0 bridgehead atoms. The van der Waals surface area contributed by atoms with Gasteiger partial charge in [-0.05, 0) is 37.9 Å². The lowest BCUT2D eigenvalue weighted by atomic mass is 9.91. The Bertz CT molecular complexity index is 136. The predicted octanol–water partition coefficient (Wildman–Crippen LogP) is 3.04. The molecule has 78 valence electrons. The second-order valence-electron chi connectivity index (χ2n) is 4.53. The average molecular weight is 201 g/mol. The highest BCUT2D eigenvalue weighted by Crippen LogP contribution is 2.32. The standard InChI is InChI=1S/C11H23NS/c1-9-4-3-5-11(8-9)13-7-6-10(2)12/h9-11H,3-8,12H2,1-2H3. The van der Waals surface area contributed by atoms with Gasteiger partial charge >= 0.3 is 0 Å². The van der Waals surface area contributed by atoms with Crippen molar-refractivity contribution in [3.05, 3.63) is 0 Å². The summed E-state index contributed by atoms with van der Waals surface area (Å²) in [5, 5.41) is 0.933. The highest BCUT2D eigenvalue weighted by molar-refractivity contribution is 7.99. The highest BCUT2D eigenvalue weighted by Gasteiger charge is 2.18. The molecule has 2 N–H and O–H groups in total. The molecule has 0 spiro atoms. The second-order valence-corrected chi connectivity index (χ2v) is 5.94. The smallest absolute Gasteiger partial charge is 0.00496 e. The molecule has 1 nitrogen and oxygen atoms in total. The lowest BCUT2D eigenvalue weighted by Gasteiger charge is -2.26. The maximum Gasteiger partial charge on any atom is 0.00496 e. The Morgan fingerprint density at radius 2 is 2.23 bits per heavy atom. The van der Waals surface area contributed by atoms with Crippen LogP contribution in [0.2, 0.25) is 0 Å². The van der Waals surface area contributed by atoms with Crippen LogP contribution >= 0.6 is 11.8 Å². The maximum atomic E-state index is 5.72. The lowest BCUT2D eigenvalue weighted by molar-refractivity contribution is 0.394. The minimum Gasteiger partial charge on any atom is -0.328 e. The summed E-state index contributed by atoms with van der Waals surface area (Å²) in [7, 11) is 0. The van der Waals surface area contributed by atoms with Gasteiger partial charge in [-0.1, -0.05) is 19.8 Å². The molecule has 1 aliphatic carbocycles. The van der Waals surface area contributed by atoms with Crippen molar-refractivity contribution in [2.24, 2.45) is 11.7 Å². The van der Waals surface area contributed by atoms with E-state index in [9.17, 15) is 0 Å². The highest BCUT2D eigenvalue weighted by atomic mass is 32.2. The first-order valence-electron chi connectivity index (χ1n) is 5.55. The third kappa shape index (κ3) is 4.92. The van der Waals surface area contributed by atoms with E-state index in [1.807, 2.05) is 0 Å². The molecule has 0 amide bonds. The molecule has 1 rings (SSSR count). The van der Waals surface area contributed by atoms with Crippen molar-refractivity contribution in [2.75, 3.05) is 5.75 Å². The van der Waals surface area contributed by atoms with Crippen molar-refractivity contribution in [1.82, 2.24) is 0 Å². The van der Waals surface area contributed by atoms with Crippen LogP contribution in [0.1, 0.15) is 46.0 Å². The monoisotopic (exact) mass is 201 g/mol. The van der Waals surface area contributed by atoms with Crippen LogP contribution in [0.4, 0.5) is 0 Å². The first kappa shape index (κ1) is 11.4. The van der Waals surface area contributed by atoms with Crippen LogP contribution in [0.15, 0.2) is 0 Å².